The Morgan fingerprint density at radius 2 is 1.93 bits per heavy atom. The molecule has 0 spiro atoms. The fourth-order valence-corrected chi connectivity index (χ4v) is 7.73. The van der Waals surface area contributed by atoms with Gasteiger partial charge in [0.05, 0.1) is 19.0 Å². The number of hydrogen-bond donors (Lipinski definition) is 0. The van der Waals surface area contributed by atoms with Gasteiger partial charge in [-0.15, -0.1) is 11.8 Å². The molecular weight excluding hydrogens is 629 g/mol. The van der Waals surface area contributed by atoms with Crippen LogP contribution in [-0.4, -0.2) is 69.1 Å². The lowest BCUT2D eigenvalue weighted by molar-refractivity contribution is -0.605. The predicted molar refractivity (Wildman–Crippen MR) is 148 cm³/mol. The van der Waals surface area contributed by atoms with Crippen LogP contribution >= 0.6 is 35.0 Å². The van der Waals surface area contributed by atoms with E-state index in [1.54, 1.807) is 0 Å². The number of carbonyl (C=O) groups is 1. The van der Waals surface area contributed by atoms with E-state index >= 15 is 0 Å². The number of ether oxygens (including phenoxy) is 4. The fraction of sp³-hybridized carbons (Fsp3) is 0.520. The number of methoxy groups -OCH3 is 1. The molecule has 4 rings (SSSR count). The van der Waals surface area contributed by atoms with Crippen LogP contribution in [0.15, 0.2) is 30.6 Å². The Bertz CT molecular complexity index is 1330. The molecule has 2 heterocycles. The number of hydrogen-bond acceptors (Lipinski definition) is 9. The monoisotopic (exact) mass is 656 g/mol. The van der Waals surface area contributed by atoms with Crippen LogP contribution in [0.4, 0.5) is 8.78 Å². The molecule has 1 aliphatic heterocycles. The van der Waals surface area contributed by atoms with Crippen molar-refractivity contribution in [3.8, 4) is 11.5 Å². The van der Waals surface area contributed by atoms with Crippen molar-refractivity contribution in [2.75, 3.05) is 38.4 Å². The van der Waals surface area contributed by atoms with Gasteiger partial charge in [0, 0.05) is 31.4 Å². The maximum atomic E-state index is 13.4. The van der Waals surface area contributed by atoms with Crippen LogP contribution in [-0.2, 0) is 30.7 Å². The summed E-state index contributed by atoms with van der Waals surface area (Å²) in [5.74, 6) is -0.645. The van der Waals surface area contributed by atoms with Gasteiger partial charge < -0.3 is 24.2 Å². The van der Waals surface area contributed by atoms with E-state index in [1.165, 1.54) is 25.3 Å². The zero-order chi connectivity index (χ0) is 29.7. The maximum Gasteiger partial charge on any atom is 0.387 e. The first-order valence-electron chi connectivity index (χ1n) is 12.6. The molecule has 0 unspecified atom stereocenters. The third-order valence-electron chi connectivity index (χ3n) is 6.39. The Kier molecular flexibility index (Phi) is 10.8. The van der Waals surface area contributed by atoms with Gasteiger partial charge in [-0.3, -0.25) is 0 Å². The molecule has 10 nitrogen and oxygen atoms in total. The number of alkyl halides is 2. The minimum Gasteiger partial charge on any atom is -0.619 e. The van der Waals surface area contributed by atoms with Crippen LogP contribution in [0.5, 0.6) is 11.5 Å². The van der Waals surface area contributed by atoms with Gasteiger partial charge in [-0.05, 0) is 36.5 Å². The fourth-order valence-electron chi connectivity index (χ4n) is 4.09. The van der Waals surface area contributed by atoms with E-state index in [9.17, 15) is 27.2 Å². The van der Waals surface area contributed by atoms with Gasteiger partial charge in [-0.1, -0.05) is 29.3 Å². The van der Waals surface area contributed by atoms with Crippen LogP contribution < -0.4 is 14.2 Å². The number of halogens is 4. The first kappa shape index (κ1) is 31.8. The second kappa shape index (κ2) is 13.9. The van der Waals surface area contributed by atoms with E-state index in [2.05, 4.69) is 4.74 Å². The first-order valence-corrected chi connectivity index (χ1v) is 16.0. The van der Waals surface area contributed by atoms with Crippen molar-refractivity contribution < 1.29 is 45.7 Å². The molecule has 2 atom stereocenters. The molecule has 1 saturated carbocycles. The van der Waals surface area contributed by atoms with E-state index < -0.39 is 34.1 Å². The summed E-state index contributed by atoms with van der Waals surface area (Å²) in [6.07, 6.45) is 2.85. The third-order valence-corrected chi connectivity index (χ3v) is 10.1. The molecule has 2 aromatic rings. The van der Waals surface area contributed by atoms with Gasteiger partial charge in [0.25, 0.3) is 0 Å². The van der Waals surface area contributed by atoms with Gasteiger partial charge in [-0.25, -0.2) is 13.2 Å². The molecule has 0 amide bonds. The normalized spacial score (nSPS) is 18.4. The summed E-state index contributed by atoms with van der Waals surface area (Å²) in [6, 6.07) is 4.12. The third kappa shape index (κ3) is 8.48. The molecule has 226 valence electrons. The Balaban J connectivity index is 1.66. The van der Waals surface area contributed by atoms with Crippen LogP contribution in [0.2, 0.25) is 10.0 Å². The van der Waals surface area contributed by atoms with Crippen molar-refractivity contribution in [2.45, 2.75) is 37.4 Å². The minimum atomic E-state index is -3.83. The van der Waals surface area contributed by atoms with Gasteiger partial charge in [-0.2, -0.15) is 17.8 Å². The van der Waals surface area contributed by atoms with Crippen molar-refractivity contribution >= 4 is 51.0 Å². The summed E-state index contributed by atoms with van der Waals surface area (Å²) < 4.78 is 74.5. The lowest BCUT2D eigenvalue weighted by atomic mass is 10.0. The number of thioether (sulfide) groups is 1. The molecule has 2 aliphatic rings. The van der Waals surface area contributed by atoms with E-state index in [4.69, 9.17) is 37.4 Å². The lowest BCUT2D eigenvalue weighted by Gasteiger charge is -2.26. The Morgan fingerprint density at radius 1 is 1.22 bits per heavy atom. The Hall–Kier alpha value is -2.10. The average Bonchev–Trinajstić information content (AvgIpc) is 3.59. The van der Waals surface area contributed by atoms with Crippen molar-refractivity contribution in [3.63, 3.8) is 0 Å². The highest BCUT2D eigenvalue weighted by Crippen LogP contribution is 2.39. The molecule has 0 radical (unpaired) electrons. The molecule has 41 heavy (non-hydrogen) atoms. The maximum absolute atomic E-state index is 13.4. The van der Waals surface area contributed by atoms with Crippen LogP contribution in [0.1, 0.15) is 30.1 Å². The summed E-state index contributed by atoms with van der Waals surface area (Å²) in [5, 5.41) is 10.6. The molecule has 1 aromatic carbocycles. The van der Waals surface area contributed by atoms with Gasteiger partial charge >= 0.3 is 12.6 Å². The van der Waals surface area contributed by atoms with E-state index in [0.29, 0.717) is 28.6 Å². The van der Waals surface area contributed by atoms with Crippen molar-refractivity contribution in [2.24, 2.45) is 5.92 Å². The first-order chi connectivity index (χ1) is 19.5. The van der Waals surface area contributed by atoms with Crippen molar-refractivity contribution in [1.29, 1.82) is 0 Å². The molecule has 2 fully saturated rings. The number of aromatic nitrogens is 1. The van der Waals surface area contributed by atoms with Crippen LogP contribution in [0.25, 0.3) is 0 Å². The van der Waals surface area contributed by atoms with E-state index in [1.807, 2.05) is 0 Å². The molecular formula is C25H28Cl2F2N2O8S2. The summed E-state index contributed by atoms with van der Waals surface area (Å²) >= 11 is 13.7. The van der Waals surface area contributed by atoms with Crippen LogP contribution in [0, 0.1) is 11.1 Å². The Labute approximate surface area is 250 Å². The summed E-state index contributed by atoms with van der Waals surface area (Å²) in [6.45, 7) is -2.74. The number of rotatable bonds is 14. The molecule has 0 bridgehead atoms. The van der Waals surface area contributed by atoms with Gasteiger partial charge in [0.15, 0.2) is 29.3 Å². The highest BCUT2D eigenvalue weighted by molar-refractivity contribution is 8.02. The molecule has 1 aliphatic carbocycles. The second-order valence-corrected chi connectivity index (χ2v) is 13.4. The summed E-state index contributed by atoms with van der Waals surface area (Å²) in [4.78, 5) is 13.4. The molecule has 1 saturated heterocycles. The quantitative estimate of drug-likeness (QED) is 0.167. The number of pyridine rings is 1. The molecule has 0 N–H and O–H groups in total. The number of benzene rings is 1. The smallest absolute Gasteiger partial charge is 0.387 e. The standard InChI is InChI=1S/C25H28Cl2F2N2O8S2/c1-36-7-9-41(34,35)31-6-8-40-23(31)24(32)38-21(11-17-18(26)12-30(33)13-19(17)27)16-4-5-20(39-25(28)29)22(10-16)37-14-15-2-3-15/h4-5,10,12-13,15,21,23,25H,2-3,6-9,11,14H2,1H3/t21-,23-/m0/s1. The number of nitrogens with zero attached hydrogens (tertiary/aromatic N) is 2. The predicted octanol–water partition coefficient (Wildman–Crippen LogP) is 4.20. The number of sulfonamides is 1. The minimum absolute atomic E-state index is 0.00965. The average molecular weight is 658 g/mol. The molecule has 1 aromatic heterocycles. The van der Waals surface area contributed by atoms with Crippen molar-refractivity contribution in [3.05, 3.63) is 57.0 Å². The SMILES string of the molecule is COCCS(=O)(=O)N1CCS[C@H]1C(=O)O[C@@H](Cc1c(Cl)c[n+]([O-])cc1Cl)c1ccc(OC(F)F)c(OCC2CC2)c1. The highest BCUT2D eigenvalue weighted by Gasteiger charge is 2.41. The Morgan fingerprint density at radius 3 is 2.56 bits per heavy atom. The summed E-state index contributed by atoms with van der Waals surface area (Å²) in [7, 11) is -2.45. The lowest BCUT2D eigenvalue weighted by Crippen LogP contribution is -2.42. The largest absolute Gasteiger partial charge is 0.619 e. The zero-order valence-electron chi connectivity index (χ0n) is 21.8. The second-order valence-electron chi connectivity index (χ2n) is 9.40. The van der Waals surface area contributed by atoms with E-state index in [0.717, 1.165) is 41.3 Å². The van der Waals surface area contributed by atoms with Crippen LogP contribution in [0.3, 0.4) is 0 Å². The van der Waals surface area contributed by atoms with Gasteiger partial charge in [0.2, 0.25) is 10.0 Å². The van der Waals surface area contributed by atoms with Crippen molar-refractivity contribution in [1.82, 2.24) is 4.31 Å². The number of carbonyl (C=O) groups excluding carboxylic acids is 1. The summed E-state index contributed by atoms with van der Waals surface area (Å²) in [5.41, 5.74) is 0.615. The molecule has 16 heteroatoms. The number of esters is 1. The topological polar surface area (TPSA) is 118 Å². The zero-order valence-corrected chi connectivity index (χ0v) is 25.0. The van der Waals surface area contributed by atoms with E-state index in [-0.39, 0.29) is 52.4 Å². The van der Waals surface area contributed by atoms with Gasteiger partial charge in [0.1, 0.15) is 16.1 Å². The highest BCUT2D eigenvalue weighted by atomic mass is 35.5.